The summed E-state index contributed by atoms with van der Waals surface area (Å²) >= 11 is 0. The van der Waals surface area contributed by atoms with Crippen molar-refractivity contribution >= 4 is 22.9 Å². The molecule has 2 amide bonds. The van der Waals surface area contributed by atoms with Gasteiger partial charge in [-0.2, -0.15) is 0 Å². The Morgan fingerprint density at radius 1 is 0.662 bits per heavy atom. The molecule has 0 saturated carbocycles. The number of aromatic nitrogens is 1. The first-order chi connectivity index (χ1) is 32.1. The number of benzene rings is 3. The molecule has 8 heteroatoms. The van der Waals surface area contributed by atoms with Gasteiger partial charge in [0.05, 0.1) is 12.7 Å². The fraction of sp³-hybridized carbons (Fsp3) is 0.579. The minimum absolute atomic E-state index is 0.0787. The van der Waals surface area contributed by atoms with E-state index in [1.54, 1.807) is 0 Å². The number of aromatic amines is 1. The average molecular weight is 890 g/mol. The number of rotatable bonds is 36. The van der Waals surface area contributed by atoms with E-state index in [9.17, 15) is 9.59 Å². The van der Waals surface area contributed by atoms with E-state index < -0.39 is 12.1 Å². The highest BCUT2D eigenvalue weighted by molar-refractivity contribution is 5.88. The van der Waals surface area contributed by atoms with E-state index in [1.165, 1.54) is 120 Å². The number of para-hydroxylation sites is 1. The van der Waals surface area contributed by atoms with Crippen LogP contribution in [0.25, 0.3) is 22.0 Å². The summed E-state index contributed by atoms with van der Waals surface area (Å²) in [6, 6.07) is 23.7. The van der Waals surface area contributed by atoms with E-state index in [0.717, 1.165) is 59.7 Å². The van der Waals surface area contributed by atoms with Crippen LogP contribution < -0.4 is 10.6 Å². The lowest BCUT2D eigenvalue weighted by Crippen LogP contribution is -2.50. The van der Waals surface area contributed by atoms with Crippen molar-refractivity contribution < 1.29 is 23.8 Å². The van der Waals surface area contributed by atoms with Gasteiger partial charge in [0.1, 0.15) is 12.6 Å². The molecule has 0 radical (unpaired) electrons. The Balaban J connectivity index is 1.11. The molecule has 0 aliphatic heterocycles. The number of carbonyl (C=O) groups is 2. The van der Waals surface area contributed by atoms with Crippen LogP contribution in [0.1, 0.15) is 178 Å². The molecule has 0 bridgehead atoms. The van der Waals surface area contributed by atoms with Crippen LogP contribution in [-0.4, -0.2) is 62.1 Å². The van der Waals surface area contributed by atoms with Gasteiger partial charge in [-0.15, -0.1) is 0 Å². The van der Waals surface area contributed by atoms with Gasteiger partial charge in [0, 0.05) is 49.2 Å². The smallest absolute Gasteiger partial charge is 0.407 e. The number of hydrogen-bond acceptors (Lipinski definition) is 5. The van der Waals surface area contributed by atoms with Gasteiger partial charge < -0.3 is 29.8 Å². The maximum atomic E-state index is 14.1. The maximum Gasteiger partial charge on any atom is 0.407 e. The monoisotopic (exact) mass is 890 g/mol. The van der Waals surface area contributed by atoms with Crippen molar-refractivity contribution in [1.82, 2.24) is 15.6 Å². The van der Waals surface area contributed by atoms with Gasteiger partial charge in [0.25, 0.3) is 0 Å². The van der Waals surface area contributed by atoms with Gasteiger partial charge >= 0.3 is 6.09 Å². The minimum Gasteiger partial charge on any atom is -0.449 e. The summed E-state index contributed by atoms with van der Waals surface area (Å²) in [7, 11) is 0. The number of ether oxygens (including phenoxy) is 3. The number of nitrogens with one attached hydrogen (secondary N) is 3. The zero-order valence-electron chi connectivity index (χ0n) is 40.2. The Hall–Kier alpha value is -4.40. The van der Waals surface area contributed by atoms with Crippen LogP contribution in [0.15, 0.2) is 91.1 Å². The first-order valence-electron chi connectivity index (χ1n) is 25.9. The van der Waals surface area contributed by atoms with E-state index in [-0.39, 0.29) is 24.5 Å². The number of amides is 2. The van der Waals surface area contributed by atoms with Crippen LogP contribution in [0.4, 0.5) is 4.79 Å². The molecule has 2 atom stereocenters. The van der Waals surface area contributed by atoms with E-state index in [2.05, 4.69) is 65.9 Å². The Labute approximate surface area is 392 Å². The highest BCUT2D eigenvalue weighted by Gasteiger charge is 2.30. The number of fused-ring (bicyclic) bond motifs is 4. The molecular weight excluding hydrogens is 807 g/mol. The SMILES string of the molecule is CC/C=C/CCCCCCCCCCOCC(CNC(=O)[C@H](Cc1c[nH]c2ccccc12)NC(=O)OCC1c2ccccc2-c2ccccc21)OCCCCCCCCCCCCCC. The van der Waals surface area contributed by atoms with Crippen LogP contribution >= 0.6 is 0 Å². The van der Waals surface area contributed by atoms with Crippen molar-refractivity contribution in [1.29, 1.82) is 0 Å². The summed E-state index contributed by atoms with van der Waals surface area (Å²) in [6.07, 6.45) is 33.7. The predicted octanol–water partition coefficient (Wildman–Crippen LogP) is 14.3. The van der Waals surface area contributed by atoms with Crippen molar-refractivity contribution in [3.05, 3.63) is 108 Å². The van der Waals surface area contributed by atoms with E-state index in [1.807, 2.05) is 54.7 Å². The Bertz CT molecular complexity index is 1890. The molecule has 4 aromatic rings. The molecule has 1 aromatic heterocycles. The number of allylic oxidation sites excluding steroid dienone is 2. The largest absolute Gasteiger partial charge is 0.449 e. The highest BCUT2D eigenvalue weighted by Crippen LogP contribution is 2.44. The lowest BCUT2D eigenvalue weighted by molar-refractivity contribution is -0.124. The quantitative estimate of drug-likeness (QED) is 0.0312. The fourth-order valence-electron chi connectivity index (χ4n) is 9.23. The van der Waals surface area contributed by atoms with Crippen molar-refractivity contribution in [3.63, 3.8) is 0 Å². The van der Waals surface area contributed by atoms with Gasteiger partial charge in [-0.3, -0.25) is 4.79 Å². The van der Waals surface area contributed by atoms with Gasteiger partial charge in [0.15, 0.2) is 0 Å². The number of hydrogen-bond donors (Lipinski definition) is 3. The number of carbonyl (C=O) groups excluding carboxylic acids is 2. The van der Waals surface area contributed by atoms with Gasteiger partial charge in [-0.05, 0) is 66.0 Å². The summed E-state index contributed by atoms with van der Waals surface area (Å²) in [5.74, 6) is -0.356. The van der Waals surface area contributed by atoms with Crippen LogP contribution in [0.5, 0.6) is 0 Å². The standard InChI is InChI=1S/C57H83N3O5/c1-3-5-7-9-11-13-15-17-19-21-23-31-39-63-44-47(64-40-32-24-22-20-18-16-14-12-10-8-6-4-2)43-59-56(61)55(41-46-42-58-54-38-30-29-33-48(46)54)60-57(62)65-45-53-51-36-27-25-34-49(51)50-35-26-28-37-52(50)53/h5,7,25-30,33-38,42,47,53,55,58H,3-4,6,8-24,31-32,39-41,43-45H2,1-2H3,(H,59,61)(H,60,62)/b7-5+/t47?,55-/m0/s1. The molecule has 1 aliphatic rings. The fourth-order valence-corrected chi connectivity index (χ4v) is 9.23. The van der Waals surface area contributed by atoms with Crippen LogP contribution in [0.3, 0.4) is 0 Å². The third kappa shape index (κ3) is 18.8. The molecule has 3 aromatic carbocycles. The van der Waals surface area contributed by atoms with Crippen LogP contribution in [-0.2, 0) is 25.4 Å². The lowest BCUT2D eigenvalue weighted by atomic mass is 9.98. The molecule has 0 saturated heterocycles. The Morgan fingerprint density at radius 2 is 1.23 bits per heavy atom. The van der Waals surface area contributed by atoms with Gasteiger partial charge in [0.2, 0.25) is 5.91 Å². The van der Waals surface area contributed by atoms with E-state index >= 15 is 0 Å². The van der Waals surface area contributed by atoms with Gasteiger partial charge in [-0.1, -0.05) is 202 Å². The number of unbranched alkanes of at least 4 members (excludes halogenated alkanes) is 19. The maximum absolute atomic E-state index is 14.1. The molecular formula is C57H83N3O5. The molecule has 1 unspecified atom stereocenters. The average Bonchev–Trinajstić information content (AvgIpc) is 3.89. The van der Waals surface area contributed by atoms with E-state index in [0.29, 0.717) is 32.8 Å². The van der Waals surface area contributed by atoms with E-state index in [4.69, 9.17) is 14.2 Å². The third-order valence-electron chi connectivity index (χ3n) is 13.0. The molecule has 356 valence electrons. The van der Waals surface area contributed by atoms with Crippen LogP contribution in [0, 0.1) is 0 Å². The second-order valence-electron chi connectivity index (χ2n) is 18.3. The zero-order valence-corrected chi connectivity index (χ0v) is 40.2. The molecule has 1 heterocycles. The Kier molecular flexibility index (Phi) is 25.0. The minimum atomic E-state index is -0.860. The zero-order chi connectivity index (χ0) is 45.6. The molecule has 0 fully saturated rings. The topological polar surface area (TPSA) is 102 Å². The summed E-state index contributed by atoms with van der Waals surface area (Å²) in [5, 5.41) is 7.11. The van der Waals surface area contributed by atoms with Crippen LogP contribution in [0.2, 0.25) is 0 Å². The van der Waals surface area contributed by atoms with Crippen molar-refractivity contribution in [2.45, 2.75) is 180 Å². The van der Waals surface area contributed by atoms with Gasteiger partial charge in [-0.25, -0.2) is 4.79 Å². The summed E-state index contributed by atoms with van der Waals surface area (Å²) in [5.41, 5.74) is 6.55. The molecule has 0 spiro atoms. The first kappa shape index (κ1) is 51.6. The normalized spacial score (nSPS) is 13.3. The number of H-pyrrole nitrogens is 1. The lowest BCUT2D eigenvalue weighted by Gasteiger charge is -2.22. The molecule has 5 rings (SSSR count). The predicted molar refractivity (Wildman–Crippen MR) is 270 cm³/mol. The number of alkyl carbamates (subject to hydrolysis) is 1. The highest BCUT2D eigenvalue weighted by atomic mass is 16.5. The second kappa shape index (κ2) is 31.5. The second-order valence-corrected chi connectivity index (χ2v) is 18.3. The molecule has 3 N–H and O–H groups in total. The molecule has 8 nitrogen and oxygen atoms in total. The first-order valence-corrected chi connectivity index (χ1v) is 25.9. The molecule has 65 heavy (non-hydrogen) atoms. The molecule has 1 aliphatic carbocycles. The van der Waals surface area contributed by atoms with Crippen molar-refractivity contribution in [2.24, 2.45) is 0 Å². The summed E-state index contributed by atoms with van der Waals surface area (Å²) < 4.78 is 18.5. The summed E-state index contributed by atoms with van der Waals surface area (Å²) in [6.45, 7) is 6.66. The third-order valence-corrected chi connectivity index (χ3v) is 13.0. The Morgan fingerprint density at radius 3 is 1.88 bits per heavy atom. The summed E-state index contributed by atoms with van der Waals surface area (Å²) in [4.78, 5) is 31.1. The van der Waals surface area contributed by atoms with Crippen molar-refractivity contribution in [2.75, 3.05) is 33.0 Å². The van der Waals surface area contributed by atoms with Crippen molar-refractivity contribution in [3.8, 4) is 11.1 Å².